The van der Waals surface area contributed by atoms with Crippen molar-refractivity contribution in [2.45, 2.75) is 6.23 Å². The molecular weight excluding hydrogens is 208 g/mol. The van der Waals surface area contributed by atoms with Crippen molar-refractivity contribution in [3.63, 3.8) is 0 Å². The van der Waals surface area contributed by atoms with Crippen LogP contribution in [-0.4, -0.2) is 32.5 Å². The summed E-state index contributed by atoms with van der Waals surface area (Å²) in [6.07, 6.45) is -0.746. The number of ether oxygens (including phenoxy) is 2. The Morgan fingerprint density at radius 2 is 2.19 bits per heavy atom. The number of benzene rings is 1. The van der Waals surface area contributed by atoms with E-state index in [1.54, 1.807) is 32.4 Å². The summed E-state index contributed by atoms with van der Waals surface area (Å²) in [4.78, 5) is 0. The summed E-state index contributed by atoms with van der Waals surface area (Å²) >= 11 is 0. The molecule has 0 heterocycles. The van der Waals surface area contributed by atoms with E-state index in [1.807, 2.05) is 0 Å². The van der Waals surface area contributed by atoms with Gasteiger partial charge >= 0.3 is 0 Å². The lowest BCUT2D eigenvalue weighted by Crippen LogP contribution is -2.24. The molecule has 0 spiro atoms. The molecule has 1 unspecified atom stereocenters. The number of nitrogen functional groups attached to an aromatic ring is 1. The fraction of sp³-hybridized carbons (Fsp3) is 0.455. The van der Waals surface area contributed by atoms with E-state index in [-0.39, 0.29) is 0 Å². The van der Waals surface area contributed by atoms with E-state index < -0.39 is 6.23 Å². The second kappa shape index (κ2) is 6.32. The topological polar surface area (TPSA) is 76.7 Å². The number of aliphatic hydroxyl groups is 1. The number of methoxy groups -OCH3 is 2. The summed E-state index contributed by atoms with van der Waals surface area (Å²) in [6, 6.07) is 5.16. The highest BCUT2D eigenvalue weighted by atomic mass is 16.5. The number of anilines is 1. The van der Waals surface area contributed by atoms with Crippen molar-refractivity contribution < 1.29 is 14.6 Å². The van der Waals surface area contributed by atoms with E-state index in [1.165, 1.54) is 0 Å². The molecule has 1 rings (SSSR count). The Hall–Kier alpha value is -1.30. The lowest BCUT2D eigenvalue weighted by Gasteiger charge is -2.14. The largest absolute Gasteiger partial charge is 0.495 e. The van der Waals surface area contributed by atoms with E-state index in [0.717, 1.165) is 0 Å². The van der Waals surface area contributed by atoms with Crippen molar-refractivity contribution >= 4 is 5.69 Å². The lowest BCUT2D eigenvalue weighted by molar-refractivity contribution is 0.119. The van der Waals surface area contributed by atoms with E-state index >= 15 is 0 Å². The van der Waals surface area contributed by atoms with Crippen molar-refractivity contribution in [1.82, 2.24) is 5.32 Å². The number of nitrogens with one attached hydrogen (secondary N) is 1. The Kier molecular flexibility index (Phi) is 5.04. The molecule has 0 saturated carbocycles. The molecule has 0 aliphatic heterocycles. The first-order valence-electron chi connectivity index (χ1n) is 5.03. The van der Waals surface area contributed by atoms with Crippen LogP contribution in [0.2, 0.25) is 0 Å². The van der Waals surface area contributed by atoms with Crippen molar-refractivity contribution in [1.29, 1.82) is 0 Å². The number of hydrogen-bond donors (Lipinski definition) is 3. The Morgan fingerprint density at radius 1 is 1.44 bits per heavy atom. The maximum absolute atomic E-state index is 9.79. The maximum atomic E-state index is 9.79. The molecule has 0 fully saturated rings. The molecule has 1 aromatic rings. The third kappa shape index (κ3) is 3.37. The maximum Gasteiger partial charge on any atom is 0.142 e. The summed E-state index contributed by atoms with van der Waals surface area (Å²) in [5.74, 6) is 0.560. The summed E-state index contributed by atoms with van der Waals surface area (Å²) in [6.45, 7) is 1.12. The van der Waals surface area contributed by atoms with Gasteiger partial charge in [0.25, 0.3) is 0 Å². The minimum absolute atomic E-state index is 0.545. The van der Waals surface area contributed by atoms with Crippen LogP contribution >= 0.6 is 0 Å². The Bertz CT molecular complexity index is 331. The quantitative estimate of drug-likeness (QED) is 0.374. The predicted molar refractivity (Wildman–Crippen MR) is 62.2 cm³/mol. The molecular formula is C11H18N2O3. The summed E-state index contributed by atoms with van der Waals surface area (Å²) in [5.41, 5.74) is 6.94. The second-order valence-corrected chi connectivity index (χ2v) is 3.35. The zero-order valence-corrected chi connectivity index (χ0v) is 9.56. The van der Waals surface area contributed by atoms with Crippen LogP contribution in [0.5, 0.6) is 5.75 Å². The predicted octanol–water partition coefficient (Wildman–Crippen LogP) is 0.504. The highest BCUT2D eigenvalue weighted by Crippen LogP contribution is 2.24. The van der Waals surface area contributed by atoms with Crippen LogP contribution in [0.1, 0.15) is 11.8 Å². The minimum Gasteiger partial charge on any atom is -0.495 e. The summed E-state index contributed by atoms with van der Waals surface area (Å²) in [5, 5.41) is 12.7. The molecule has 90 valence electrons. The van der Waals surface area contributed by atoms with E-state index in [2.05, 4.69) is 5.32 Å². The molecule has 0 aliphatic carbocycles. The van der Waals surface area contributed by atoms with Gasteiger partial charge in [-0.05, 0) is 17.7 Å². The smallest absolute Gasteiger partial charge is 0.142 e. The van der Waals surface area contributed by atoms with Crippen LogP contribution in [0.3, 0.4) is 0 Å². The highest BCUT2D eigenvalue weighted by Gasteiger charge is 2.08. The summed E-state index contributed by atoms with van der Waals surface area (Å²) in [7, 11) is 3.15. The molecule has 0 amide bonds. The third-order valence-electron chi connectivity index (χ3n) is 2.22. The fourth-order valence-electron chi connectivity index (χ4n) is 1.31. The molecule has 0 radical (unpaired) electrons. The zero-order chi connectivity index (χ0) is 12.0. The molecule has 1 aromatic carbocycles. The molecule has 5 nitrogen and oxygen atoms in total. The second-order valence-electron chi connectivity index (χ2n) is 3.35. The van der Waals surface area contributed by atoms with E-state index in [4.69, 9.17) is 15.2 Å². The minimum atomic E-state index is -0.746. The van der Waals surface area contributed by atoms with E-state index in [9.17, 15) is 5.11 Å². The number of nitrogens with two attached hydrogens (primary N) is 1. The number of hydrogen-bond acceptors (Lipinski definition) is 5. The molecule has 16 heavy (non-hydrogen) atoms. The zero-order valence-electron chi connectivity index (χ0n) is 9.56. The number of rotatable bonds is 6. The Morgan fingerprint density at radius 3 is 2.81 bits per heavy atom. The highest BCUT2D eigenvalue weighted by molar-refractivity contribution is 5.54. The molecule has 0 saturated heterocycles. The van der Waals surface area contributed by atoms with Crippen LogP contribution in [-0.2, 0) is 4.74 Å². The molecule has 1 atom stereocenters. The van der Waals surface area contributed by atoms with Crippen LogP contribution in [0.25, 0.3) is 0 Å². The van der Waals surface area contributed by atoms with Gasteiger partial charge in [0, 0.05) is 13.7 Å². The fourth-order valence-corrected chi connectivity index (χ4v) is 1.31. The molecule has 0 aliphatic rings. The Balaban J connectivity index is 2.64. The van der Waals surface area contributed by atoms with Crippen LogP contribution in [0.4, 0.5) is 5.69 Å². The molecule has 4 N–H and O–H groups in total. The van der Waals surface area contributed by atoms with E-state index in [0.29, 0.717) is 30.2 Å². The first-order valence-corrected chi connectivity index (χ1v) is 5.03. The van der Waals surface area contributed by atoms with Gasteiger partial charge < -0.3 is 20.3 Å². The molecule has 5 heteroatoms. The van der Waals surface area contributed by atoms with Crippen molar-refractivity contribution in [2.24, 2.45) is 0 Å². The number of aliphatic hydroxyl groups excluding tert-OH is 1. The standard InChI is InChI=1S/C11H18N2O3/c1-15-6-5-13-11(14)8-3-4-9(12)10(7-8)16-2/h3-4,7,11,13-14H,5-6,12H2,1-2H3. The van der Waals surface area contributed by atoms with Crippen LogP contribution in [0, 0.1) is 0 Å². The normalized spacial score (nSPS) is 12.4. The van der Waals surface area contributed by atoms with Gasteiger partial charge in [-0.3, -0.25) is 5.32 Å². The van der Waals surface area contributed by atoms with Gasteiger partial charge in [0.15, 0.2) is 0 Å². The SMILES string of the molecule is COCCNC(O)c1ccc(N)c(OC)c1. The summed E-state index contributed by atoms with van der Waals surface area (Å²) < 4.78 is 9.95. The van der Waals surface area contributed by atoms with Gasteiger partial charge in [0.2, 0.25) is 0 Å². The van der Waals surface area contributed by atoms with Crippen LogP contribution < -0.4 is 15.8 Å². The average Bonchev–Trinajstić information content (AvgIpc) is 2.30. The first kappa shape index (κ1) is 12.8. The third-order valence-corrected chi connectivity index (χ3v) is 2.22. The van der Waals surface area contributed by atoms with Gasteiger partial charge in [-0.15, -0.1) is 0 Å². The van der Waals surface area contributed by atoms with Crippen LogP contribution in [0.15, 0.2) is 18.2 Å². The lowest BCUT2D eigenvalue weighted by atomic mass is 10.1. The van der Waals surface area contributed by atoms with Gasteiger partial charge in [0.05, 0.1) is 19.4 Å². The van der Waals surface area contributed by atoms with Crippen molar-refractivity contribution in [3.05, 3.63) is 23.8 Å². The average molecular weight is 226 g/mol. The van der Waals surface area contributed by atoms with Crippen molar-refractivity contribution in [2.75, 3.05) is 33.1 Å². The monoisotopic (exact) mass is 226 g/mol. The van der Waals surface area contributed by atoms with Gasteiger partial charge in [-0.1, -0.05) is 6.07 Å². The molecule has 0 bridgehead atoms. The van der Waals surface area contributed by atoms with Gasteiger partial charge in [-0.2, -0.15) is 0 Å². The Labute approximate surface area is 95.2 Å². The molecule has 0 aromatic heterocycles. The first-order chi connectivity index (χ1) is 7.69. The van der Waals surface area contributed by atoms with Gasteiger partial charge in [-0.25, -0.2) is 0 Å². The van der Waals surface area contributed by atoms with Crippen molar-refractivity contribution in [3.8, 4) is 5.75 Å². The van der Waals surface area contributed by atoms with Gasteiger partial charge in [0.1, 0.15) is 12.0 Å².